The first-order chi connectivity index (χ1) is 14.1. The fourth-order valence-corrected chi connectivity index (χ4v) is 4.94. The number of nitrogens with one attached hydrogen (secondary N) is 4. The summed E-state index contributed by atoms with van der Waals surface area (Å²) in [6.45, 7) is 7.39. The van der Waals surface area contributed by atoms with Crippen LogP contribution < -0.4 is 21.3 Å². The molecule has 3 saturated carbocycles. The summed E-state index contributed by atoms with van der Waals surface area (Å²) in [6.07, 6.45) is 5.89. The number of benzene rings is 1. The quantitative estimate of drug-likeness (QED) is 0.575. The number of rotatable bonds is 6. The normalized spacial score (nSPS) is 25.3. The van der Waals surface area contributed by atoms with Gasteiger partial charge in [-0.2, -0.15) is 0 Å². The Balaban J connectivity index is 1.63. The van der Waals surface area contributed by atoms with E-state index in [0.29, 0.717) is 6.54 Å². The third-order valence-electron chi connectivity index (χ3n) is 6.77. The minimum absolute atomic E-state index is 0.118. The highest BCUT2D eigenvalue weighted by atomic mass is 16.2. The summed E-state index contributed by atoms with van der Waals surface area (Å²) in [5.41, 5.74) is 1.15. The summed E-state index contributed by atoms with van der Waals surface area (Å²) < 4.78 is 0. The molecule has 0 aliphatic heterocycles. The number of anilines is 1. The Hall–Kier alpha value is -2.57. The second kappa shape index (κ2) is 8.28. The smallest absolute Gasteiger partial charge is 0.319 e. The maximum absolute atomic E-state index is 12.8. The van der Waals surface area contributed by atoms with Crippen LogP contribution in [0.2, 0.25) is 0 Å². The molecule has 4 N–H and O–H groups in total. The molecular weight excluding hydrogens is 380 g/mol. The number of fused-ring (bicyclic) bond motifs is 3. The summed E-state index contributed by atoms with van der Waals surface area (Å²) in [6, 6.07) is 7.99. The first-order valence-corrected chi connectivity index (χ1v) is 10.9. The Morgan fingerprint density at radius 2 is 1.53 bits per heavy atom. The number of hydrogen-bond acceptors (Lipinski definition) is 3. The predicted octanol–water partition coefficient (Wildman–Crippen LogP) is 3.20. The van der Waals surface area contributed by atoms with Gasteiger partial charge in [-0.15, -0.1) is 0 Å². The molecule has 0 atom stereocenters. The predicted molar refractivity (Wildman–Crippen MR) is 117 cm³/mol. The Kier molecular flexibility index (Phi) is 6.11. The van der Waals surface area contributed by atoms with Gasteiger partial charge in [0.1, 0.15) is 5.54 Å². The van der Waals surface area contributed by atoms with Crippen LogP contribution in [0.3, 0.4) is 0 Å². The van der Waals surface area contributed by atoms with Crippen LogP contribution in [-0.4, -0.2) is 35.5 Å². The minimum Gasteiger partial charge on any atom is -0.349 e. The summed E-state index contributed by atoms with van der Waals surface area (Å²) in [5.74, 6) is -0.322. The lowest BCUT2D eigenvalue weighted by Crippen LogP contribution is -2.63. The average molecular weight is 415 g/mol. The van der Waals surface area contributed by atoms with E-state index in [1.165, 1.54) is 12.5 Å². The second-order valence-electron chi connectivity index (χ2n) is 9.38. The molecule has 0 aromatic heterocycles. The van der Waals surface area contributed by atoms with Crippen molar-refractivity contribution < 1.29 is 14.4 Å². The number of hydrogen-bond donors (Lipinski definition) is 4. The van der Waals surface area contributed by atoms with Gasteiger partial charge in [-0.25, -0.2) is 4.79 Å². The summed E-state index contributed by atoms with van der Waals surface area (Å²) in [5, 5.41) is 11.6. The van der Waals surface area contributed by atoms with Gasteiger partial charge < -0.3 is 21.3 Å². The highest BCUT2D eigenvalue weighted by Crippen LogP contribution is 2.53. The van der Waals surface area contributed by atoms with Gasteiger partial charge in [-0.05, 0) is 82.4 Å². The van der Waals surface area contributed by atoms with Gasteiger partial charge in [0.05, 0.1) is 0 Å². The van der Waals surface area contributed by atoms with Crippen LogP contribution in [0.1, 0.15) is 71.8 Å². The van der Waals surface area contributed by atoms with Crippen LogP contribution in [-0.2, 0) is 15.0 Å². The van der Waals surface area contributed by atoms with E-state index in [4.69, 9.17) is 0 Å². The summed E-state index contributed by atoms with van der Waals surface area (Å²) >= 11 is 0. The zero-order chi connectivity index (χ0) is 22.0. The van der Waals surface area contributed by atoms with Crippen molar-refractivity contribution in [1.82, 2.24) is 16.0 Å². The SMILES string of the molecule is CCNC(=O)Nc1ccc(C23CCC(NC(=O)C(C)(C)NC(C)=O)(CC2)CC3)cc1. The Morgan fingerprint density at radius 3 is 2.03 bits per heavy atom. The topological polar surface area (TPSA) is 99.3 Å². The monoisotopic (exact) mass is 414 g/mol. The fourth-order valence-electron chi connectivity index (χ4n) is 4.94. The molecule has 0 saturated heterocycles. The molecule has 1 aromatic rings. The molecule has 30 heavy (non-hydrogen) atoms. The molecule has 3 aliphatic carbocycles. The third-order valence-corrected chi connectivity index (χ3v) is 6.77. The zero-order valence-corrected chi connectivity index (χ0v) is 18.5. The van der Waals surface area contributed by atoms with Crippen LogP contribution in [0, 0.1) is 0 Å². The van der Waals surface area contributed by atoms with Gasteiger partial charge in [0.25, 0.3) is 0 Å². The fraction of sp³-hybridized carbons (Fsp3) is 0.609. The third kappa shape index (κ3) is 4.60. The molecule has 1 aromatic carbocycles. The molecule has 3 fully saturated rings. The van der Waals surface area contributed by atoms with Crippen molar-refractivity contribution in [2.75, 3.05) is 11.9 Å². The van der Waals surface area contributed by atoms with Crippen molar-refractivity contribution in [3.63, 3.8) is 0 Å². The van der Waals surface area contributed by atoms with Crippen molar-refractivity contribution in [3.8, 4) is 0 Å². The van der Waals surface area contributed by atoms with Gasteiger partial charge >= 0.3 is 6.03 Å². The lowest BCUT2D eigenvalue weighted by atomic mass is 9.55. The van der Waals surface area contributed by atoms with E-state index in [0.717, 1.165) is 44.2 Å². The number of carbonyl (C=O) groups excluding carboxylic acids is 3. The van der Waals surface area contributed by atoms with E-state index in [1.54, 1.807) is 13.8 Å². The van der Waals surface area contributed by atoms with Crippen molar-refractivity contribution in [2.24, 2.45) is 0 Å². The van der Waals surface area contributed by atoms with E-state index >= 15 is 0 Å². The molecule has 164 valence electrons. The molecule has 4 amide bonds. The van der Waals surface area contributed by atoms with Crippen molar-refractivity contribution in [3.05, 3.63) is 29.8 Å². The first kappa shape index (κ1) is 22.1. The van der Waals surface area contributed by atoms with Gasteiger partial charge in [0.15, 0.2) is 0 Å². The molecule has 2 bridgehead atoms. The van der Waals surface area contributed by atoms with E-state index in [2.05, 4.69) is 33.4 Å². The van der Waals surface area contributed by atoms with Crippen LogP contribution in [0.25, 0.3) is 0 Å². The van der Waals surface area contributed by atoms with E-state index in [1.807, 2.05) is 19.1 Å². The lowest BCUT2D eigenvalue weighted by Gasteiger charge is -2.54. The van der Waals surface area contributed by atoms with Crippen LogP contribution in [0.4, 0.5) is 10.5 Å². The van der Waals surface area contributed by atoms with Crippen LogP contribution >= 0.6 is 0 Å². The van der Waals surface area contributed by atoms with Gasteiger partial charge in [0.2, 0.25) is 11.8 Å². The summed E-state index contributed by atoms with van der Waals surface area (Å²) in [7, 11) is 0. The van der Waals surface area contributed by atoms with Crippen LogP contribution in [0.15, 0.2) is 24.3 Å². The lowest BCUT2D eigenvalue weighted by molar-refractivity contribution is -0.134. The number of urea groups is 1. The van der Waals surface area contributed by atoms with E-state index in [-0.39, 0.29) is 28.8 Å². The summed E-state index contributed by atoms with van der Waals surface area (Å²) in [4.78, 5) is 35.9. The Labute approximate surface area is 178 Å². The van der Waals surface area contributed by atoms with Crippen molar-refractivity contribution in [1.29, 1.82) is 0 Å². The zero-order valence-electron chi connectivity index (χ0n) is 18.5. The molecular formula is C23H34N4O3. The molecule has 7 heteroatoms. The van der Waals surface area contributed by atoms with Gasteiger partial charge in [-0.3, -0.25) is 9.59 Å². The largest absolute Gasteiger partial charge is 0.349 e. The standard InChI is InChI=1S/C23H34N4O3/c1-5-24-20(30)25-18-8-6-17(7-9-18)22-10-13-23(14-11-22,15-12-22)27-19(29)21(3,4)26-16(2)28/h6-9H,5,10-15H2,1-4H3,(H,26,28)(H,27,29)(H2,24,25,30). The molecule has 0 radical (unpaired) electrons. The van der Waals surface area contributed by atoms with Crippen molar-refractivity contribution >= 4 is 23.5 Å². The second-order valence-corrected chi connectivity index (χ2v) is 9.38. The highest BCUT2D eigenvalue weighted by Gasteiger charge is 2.50. The molecule has 7 nitrogen and oxygen atoms in total. The van der Waals surface area contributed by atoms with Gasteiger partial charge in [-0.1, -0.05) is 12.1 Å². The van der Waals surface area contributed by atoms with Gasteiger partial charge in [0, 0.05) is 24.7 Å². The molecule has 0 unspecified atom stereocenters. The number of amides is 4. The minimum atomic E-state index is -0.917. The van der Waals surface area contributed by atoms with E-state index < -0.39 is 5.54 Å². The van der Waals surface area contributed by atoms with E-state index in [9.17, 15) is 14.4 Å². The first-order valence-electron chi connectivity index (χ1n) is 10.9. The highest BCUT2D eigenvalue weighted by molar-refractivity contribution is 5.90. The maximum Gasteiger partial charge on any atom is 0.319 e. The molecule has 0 spiro atoms. The Morgan fingerprint density at radius 1 is 0.967 bits per heavy atom. The number of carbonyl (C=O) groups is 3. The Bertz CT molecular complexity index is 792. The molecule has 0 heterocycles. The van der Waals surface area contributed by atoms with Crippen LogP contribution in [0.5, 0.6) is 0 Å². The maximum atomic E-state index is 12.8. The van der Waals surface area contributed by atoms with Crippen molar-refractivity contribution in [2.45, 2.75) is 82.7 Å². The molecule has 4 rings (SSSR count). The average Bonchev–Trinajstić information content (AvgIpc) is 2.69. The molecule has 3 aliphatic rings.